The number of halogens is 1. The highest BCUT2D eigenvalue weighted by Crippen LogP contribution is 2.26. The maximum absolute atomic E-state index is 10.9. The van der Waals surface area contributed by atoms with Crippen LogP contribution in [0.25, 0.3) is 0 Å². The zero-order valence-electron chi connectivity index (χ0n) is 6.59. The fourth-order valence-electron chi connectivity index (χ4n) is 0.792. The van der Waals surface area contributed by atoms with Crippen molar-refractivity contribution in [3.05, 3.63) is 11.8 Å². The highest BCUT2D eigenvalue weighted by atomic mass is 35.5. The molecular weight excluding hydrogens is 184 g/mol. The van der Waals surface area contributed by atoms with E-state index in [-0.39, 0.29) is 5.76 Å². The van der Waals surface area contributed by atoms with E-state index in [0.717, 1.165) is 6.08 Å². The van der Waals surface area contributed by atoms with Crippen molar-refractivity contribution in [2.75, 3.05) is 0 Å². The third kappa shape index (κ3) is 1.98. The monoisotopic (exact) mass is 190 g/mol. The van der Waals surface area contributed by atoms with Gasteiger partial charge in [-0.3, -0.25) is 4.79 Å². The van der Waals surface area contributed by atoms with Gasteiger partial charge in [0.1, 0.15) is 0 Å². The number of rotatable bonds is 1. The summed E-state index contributed by atoms with van der Waals surface area (Å²) in [6.45, 7) is 3.12. The van der Waals surface area contributed by atoms with Crippen LogP contribution in [-0.2, 0) is 19.1 Å². The maximum Gasteiger partial charge on any atom is 0.377 e. The van der Waals surface area contributed by atoms with Crippen molar-refractivity contribution in [3.63, 3.8) is 0 Å². The molecule has 0 atom stereocenters. The van der Waals surface area contributed by atoms with Gasteiger partial charge in [-0.15, -0.1) is 0 Å². The molecule has 0 bridgehead atoms. The van der Waals surface area contributed by atoms with Crippen LogP contribution in [-0.4, -0.2) is 17.0 Å². The number of carbonyl (C=O) groups is 2. The average Bonchev–Trinajstić information content (AvgIpc) is 2.03. The van der Waals surface area contributed by atoms with E-state index >= 15 is 0 Å². The molecule has 0 aliphatic carbocycles. The molecule has 0 aromatic rings. The summed E-state index contributed by atoms with van der Waals surface area (Å²) in [5, 5.41) is -0.764. The normalized spacial score (nSPS) is 23.6. The predicted octanol–water partition coefficient (Wildman–Crippen LogP) is 0.945. The minimum Gasteiger partial charge on any atom is -0.445 e. The Labute approximate surface area is 74.1 Å². The summed E-state index contributed by atoms with van der Waals surface area (Å²) in [5.41, 5.74) is 0. The number of allylic oxidation sites excluding steroid dienone is 1. The van der Waals surface area contributed by atoms with E-state index in [9.17, 15) is 9.59 Å². The molecule has 1 aliphatic heterocycles. The Hall–Kier alpha value is -1.03. The van der Waals surface area contributed by atoms with Gasteiger partial charge in [-0.25, -0.2) is 4.79 Å². The van der Waals surface area contributed by atoms with Gasteiger partial charge in [0.2, 0.25) is 16.8 Å². The lowest BCUT2D eigenvalue weighted by molar-refractivity contribution is -0.159. The molecule has 0 N–H and O–H groups in total. The molecular formula is C7H7ClO4. The van der Waals surface area contributed by atoms with Crippen LogP contribution in [0, 0.1) is 0 Å². The number of esters is 1. The van der Waals surface area contributed by atoms with Crippen LogP contribution in [0.1, 0.15) is 13.8 Å². The van der Waals surface area contributed by atoms with Crippen molar-refractivity contribution in [2.24, 2.45) is 0 Å². The third-order valence-corrected chi connectivity index (χ3v) is 1.25. The fourth-order valence-corrected chi connectivity index (χ4v) is 0.891. The first-order valence-corrected chi connectivity index (χ1v) is 3.62. The lowest BCUT2D eigenvalue weighted by Crippen LogP contribution is -2.19. The van der Waals surface area contributed by atoms with Gasteiger partial charge in [0.05, 0.1) is 0 Å². The first-order valence-electron chi connectivity index (χ1n) is 3.24. The Morgan fingerprint density at radius 2 is 2.08 bits per heavy atom. The molecule has 4 nitrogen and oxygen atoms in total. The van der Waals surface area contributed by atoms with Crippen molar-refractivity contribution in [3.8, 4) is 0 Å². The molecule has 0 saturated carbocycles. The molecule has 0 spiro atoms. The van der Waals surface area contributed by atoms with Crippen LogP contribution in [0.4, 0.5) is 0 Å². The SMILES string of the molecule is CC1(C)OC(=O)/C(=C\C(=O)Cl)O1. The van der Waals surface area contributed by atoms with Crippen molar-refractivity contribution < 1.29 is 19.1 Å². The van der Waals surface area contributed by atoms with Crippen LogP contribution in [0.5, 0.6) is 0 Å². The highest BCUT2D eigenvalue weighted by Gasteiger charge is 2.37. The molecule has 0 radical (unpaired) electrons. The van der Waals surface area contributed by atoms with E-state index in [1.807, 2.05) is 0 Å². The van der Waals surface area contributed by atoms with E-state index in [1.165, 1.54) is 0 Å². The average molecular weight is 191 g/mol. The van der Waals surface area contributed by atoms with E-state index in [4.69, 9.17) is 21.1 Å². The Balaban J connectivity index is 2.84. The lowest BCUT2D eigenvalue weighted by atomic mass is 10.4. The number of hydrogen-bond donors (Lipinski definition) is 0. The maximum atomic E-state index is 10.9. The quantitative estimate of drug-likeness (QED) is 0.351. The molecule has 1 heterocycles. The van der Waals surface area contributed by atoms with Gasteiger partial charge in [-0.1, -0.05) is 0 Å². The lowest BCUT2D eigenvalue weighted by Gasteiger charge is -2.13. The largest absolute Gasteiger partial charge is 0.445 e. The molecule has 0 amide bonds. The standard InChI is InChI=1S/C7H7ClO4/c1-7(2)11-4(3-5(8)9)6(10)12-7/h3H,1-2H3/b4-3+. The first kappa shape index (κ1) is 9.06. The van der Waals surface area contributed by atoms with Crippen molar-refractivity contribution >= 4 is 22.8 Å². The Kier molecular flexibility index (Phi) is 2.10. The second-order valence-corrected chi connectivity index (χ2v) is 3.08. The molecule has 1 fully saturated rings. The Morgan fingerprint density at radius 1 is 1.50 bits per heavy atom. The minimum absolute atomic E-state index is 0.153. The van der Waals surface area contributed by atoms with Gasteiger partial charge in [-0.2, -0.15) is 0 Å². The summed E-state index contributed by atoms with van der Waals surface area (Å²) in [5.74, 6) is -1.83. The van der Waals surface area contributed by atoms with Crippen molar-refractivity contribution in [1.82, 2.24) is 0 Å². The Morgan fingerprint density at radius 3 is 2.42 bits per heavy atom. The summed E-state index contributed by atoms with van der Waals surface area (Å²) in [6.07, 6.45) is 0.888. The number of carbonyl (C=O) groups excluding carboxylic acids is 2. The second-order valence-electron chi connectivity index (χ2n) is 2.70. The molecule has 66 valence electrons. The van der Waals surface area contributed by atoms with E-state index in [0.29, 0.717) is 0 Å². The summed E-state index contributed by atoms with van der Waals surface area (Å²) in [4.78, 5) is 21.3. The van der Waals surface area contributed by atoms with E-state index in [1.54, 1.807) is 13.8 Å². The number of cyclic esters (lactones) is 1. The second kappa shape index (κ2) is 2.79. The first-order chi connectivity index (χ1) is 5.41. The highest BCUT2D eigenvalue weighted by molar-refractivity contribution is 6.66. The number of ether oxygens (including phenoxy) is 2. The Bertz CT molecular complexity index is 267. The molecule has 0 aromatic heterocycles. The summed E-state index contributed by atoms with van der Waals surface area (Å²) in [7, 11) is 0. The van der Waals surface area contributed by atoms with Crippen LogP contribution in [0.2, 0.25) is 0 Å². The summed E-state index contributed by atoms with van der Waals surface area (Å²) < 4.78 is 9.68. The topological polar surface area (TPSA) is 52.6 Å². The molecule has 1 aliphatic rings. The van der Waals surface area contributed by atoms with E-state index < -0.39 is 17.0 Å². The van der Waals surface area contributed by atoms with Gasteiger partial charge in [0.15, 0.2) is 0 Å². The summed E-state index contributed by atoms with van der Waals surface area (Å²) in [6, 6.07) is 0. The molecule has 12 heavy (non-hydrogen) atoms. The third-order valence-electron chi connectivity index (χ3n) is 1.14. The van der Waals surface area contributed by atoms with Crippen molar-refractivity contribution in [2.45, 2.75) is 19.6 Å². The smallest absolute Gasteiger partial charge is 0.377 e. The van der Waals surface area contributed by atoms with Gasteiger partial charge in [0.25, 0.3) is 0 Å². The molecule has 0 unspecified atom stereocenters. The summed E-state index contributed by atoms with van der Waals surface area (Å²) >= 11 is 5.01. The predicted molar refractivity (Wildman–Crippen MR) is 40.2 cm³/mol. The molecule has 5 heteroatoms. The van der Waals surface area contributed by atoms with Gasteiger partial charge >= 0.3 is 5.97 Å². The van der Waals surface area contributed by atoms with Crippen LogP contribution >= 0.6 is 11.6 Å². The molecule has 0 aromatic carbocycles. The zero-order chi connectivity index (χ0) is 9.35. The van der Waals surface area contributed by atoms with Crippen LogP contribution in [0.15, 0.2) is 11.8 Å². The van der Waals surface area contributed by atoms with Crippen LogP contribution < -0.4 is 0 Å². The van der Waals surface area contributed by atoms with E-state index in [2.05, 4.69) is 0 Å². The molecule has 1 saturated heterocycles. The van der Waals surface area contributed by atoms with Gasteiger partial charge in [0, 0.05) is 19.9 Å². The van der Waals surface area contributed by atoms with Crippen LogP contribution in [0.3, 0.4) is 0 Å². The van der Waals surface area contributed by atoms with Gasteiger partial charge in [-0.05, 0) is 11.6 Å². The fraction of sp³-hybridized carbons (Fsp3) is 0.429. The number of hydrogen-bond acceptors (Lipinski definition) is 4. The zero-order valence-corrected chi connectivity index (χ0v) is 7.34. The van der Waals surface area contributed by atoms with Crippen molar-refractivity contribution in [1.29, 1.82) is 0 Å². The van der Waals surface area contributed by atoms with Gasteiger partial charge < -0.3 is 9.47 Å². The molecule has 1 rings (SSSR count). The minimum atomic E-state index is -1.00.